The van der Waals surface area contributed by atoms with E-state index in [2.05, 4.69) is 19.9 Å². The van der Waals surface area contributed by atoms with Gasteiger partial charge in [0.2, 0.25) is 0 Å². The number of phenols is 2. The van der Waals surface area contributed by atoms with Gasteiger partial charge in [0.05, 0.1) is 0 Å². The average Bonchev–Trinajstić information content (AvgIpc) is 2.51. The summed E-state index contributed by atoms with van der Waals surface area (Å²) in [5.41, 5.74) is 1.47. The van der Waals surface area contributed by atoms with Crippen LogP contribution in [0.15, 0.2) is 17.7 Å². The number of allylic oxidation sites excluding steroid dienone is 2. The third kappa shape index (κ3) is 3.83. The first-order valence-electron chi connectivity index (χ1n) is 9.02. The van der Waals surface area contributed by atoms with Crippen molar-refractivity contribution in [2.75, 3.05) is 0 Å². The number of fused-ring (bicyclic) bond motifs is 1. The Morgan fingerprint density at radius 2 is 2.04 bits per heavy atom. The molecule has 0 radical (unpaired) electrons. The summed E-state index contributed by atoms with van der Waals surface area (Å²) in [6, 6.07) is 1.48. The number of benzene rings is 1. The van der Waals surface area contributed by atoms with E-state index in [1.807, 2.05) is 20.8 Å². The predicted octanol–water partition coefficient (Wildman–Crippen LogP) is 5.01. The highest BCUT2D eigenvalue weighted by Crippen LogP contribution is 2.47. The van der Waals surface area contributed by atoms with Crippen LogP contribution in [-0.2, 0) is 6.42 Å². The average molecular weight is 346 g/mol. The zero-order valence-electron chi connectivity index (χ0n) is 16.1. The standard InChI is InChI=1S/C21H30O4/c1-7-13(4)19(23)18-16(22)11-17-15(20(18)24)10-14(9-8-12(2)3)21(5,6)25-17/h8,11,13-14,22,24H,7,9-10H2,1-6H3. The van der Waals surface area contributed by atoms with Crippen LogP contribution in [0.25, 0.3) is 0 Å². The lowest BCUT2D eigenvalue weighted by Gasteiger charge is -2.40. The fourth-order valence-corrected chi connectivity index (χ4v) is 3.24. The van der Waals surface area contributed by atoms with Crippen molar-refractivity contribution in [3.63, 3.8) is 0 Å². The molecule has 2 unspecified atom stereocenters. The fourth-order valence-electron chi connectivity index (χ4n) is 3.24. The molecule has 0 aliphatic carbocycles. The molecule has 0 spiro atoms. The molecular formula is C21H30O4. The van der Waals surface area contributed by atoms with Gasteiger partial charge in [0.15, 0.2) is 5.78 Å². The van der Waals surface area contributed by atoms with Crippen LogP contribution in [-0.4, -0.2) is 21.6 Å². The van der Waals surface area contributed by atoms with Gasteiger partial charge >= 0.3 is 0 Å². The van der Waals surface area contributed by atoms with Gasteiger partial charge in [-0.05, 0) is 47.0 Å². The SMILES string of the molecule is CCC(C)C(=O)c1c(O)cc2c(c1O)CC(CC=C(C)C)C(C)(C)O2. The van der Waals surface area contributed by atoms with E-state index in [-0.39, 0.29) is 34.7 Å². The largest absolute Gasteiger partial charge is 0.507 e. The molecule has 2 rings (SSSR count). The highest BCUT2D eigenvalue weighted by Gasteiger charge is 2.39. The van der Waals surface area contributed by atoms with Crippen molar-refractivity contribution in [2.45, 2.75) is 66.4 Å². The molecule has 1 aliphatic rings. The van der Waals surface area contributed by atoms with Crippen LogP contribution in [0.2, 0.25) is 0 Å². The van der Waals surface area contributed by atoms with E-state index in [0.717, 1.165) is 6.42 Å². The first-order valence-corrected chi connectivity index (χ1v) is 9.02. The van der Waals surface area contributed by atoms with E-state index in [4.69, 9.17) is 4.74 Å². The summed E-state index contributed by atoms with van der Waals surface area (Å²) in [5.74, 6) is -0.174. The van der Waals surface area contributed by atoms with Gasteiger partial charge in [0.25, 0.3) is 0 Å². The fraction of sp³-hybridized carbons (Fsp3) is 0.571. The number of carbonyl (C=O) groups is 1. The molecule has 2 N–H and O–H groups in total. The van der Waals surface area contributed by atoms with Crippen LogP contribution in [0.1, 0.15) is 70.3 Å². The molecule has 1 heterocycles. The van der Waals surface area contributed by atoms with Crippen LogP contribution in [0.4, 0.5) is 0 Å². The lowest BCUT2D eigenvalue weighted by atomic mass is 9.79. The van der Waals surface area contributed by atoms with Gasteiger partial charge in [0, 0.05) is 23.5 Å². The summed E-state index contributed by atoms with van der Waals surface area (Å²) in [6.45, 7) is 11.9. The van der Waals surface area contributed by atoms with Crippen molar-refractivity contribution in [1.29, 1.82) is 0 Å². The molecule has 4 heteroatoms. The zero-order chi connectivity index (χ0) is 18.9. The van der Waals surface area contributed by atoms with Gasteiger partial charge in [0.1, 0.15) is 28.4 Å². The molecule has 2 atom stereocenters. The van der Waals surface area contributed by atoms with Crippen LogP contribution in [0, 0.1) is 11.8 Å². The van der Waals surface area contributed by atoms with Crippen molar-refractivity contribution >= 4 is 5.78 Å². The molecule has 138 valence electrons. The molecule has 25 heavy (non-hydrogen) atoms. The maximum absolute atomic E-state index is 12.6. The number of rotatable bonds is 5. The number of Topliss-reactive ketones (excluding diaryl/α,β-unsaturated/α-hetero) is 1. The third-order valence-electron chi connectivity index (χ3n) is 5.27. The second-order valence-corrected chi connectivity index (χ2v) is 7.89. The minimum atomic E-state index is -0.417. The number of aromatic hydroxyl groups is 2. The summed E-state index contributed by atoms with van der Waals surface area (Å²) in [5, 5.41) is 21.0. The highest BCUT2D eigenvalue weighted by atomic mass is 16.5. The minimum Gasteiger partial charge on any atom is -0.507 e. The number of ketones is 1. The Labute approximate surface area is 150 Å². The second-order valence-electron chi connectivity index (χ2n) is 7.89. The molecule has 1 aliphatic heterocycles. The topological polar surface area (TPSA) is 66.8 Å². The molecule has 4 nitrogen and oxygen atoms in total. The molecule has 0 fully saturated rings. The first kappa shape index (κ1) is 19.4. The van der Waals surface area contributed by atoms with Crippen molar-refractivity contribution in [3.05, 3.63) is 28.8 Å². The maximum atomic E-state index is 12.6. The van der Waals surface area contributed by atoms with Crippen molar-refractivity contribution in [2.24, 2.45) is 11.8 Å². The molecule has 0 saturated carbocycles. The summed E-state index contributed by atoms with van der Waals surface area (Å²) in [7, 11) is 0. The van der Waals surface area contributed by atoms with Gasteiger partial charge in [-0.15, -0.1) is 0 Å². The quantitative estimate of drug-likeness (QED) is 0.581. The number of ether oxygens (including phenoxy) is 1. The van der Waals surface area contributed by atoms with Crippen LogP contribution < -0.4 is 4.74 Å². The predicted molar refractivity (Wildman–Crippen MR) is 99.5 cm³/mol. The summed E-state index contributed by atoms with van der Waals surface area (Å²) >= 11 is 0. The van der Waals surface area contributed by atoms with E-state index >= 15 is 0 Å². The Balaban J connectivity index is 2.48. The molecule has 0 aromatic heterocycles. The normalized spacial score (nSPS) is 19.5. The number of hydrogen-bond donors (Lipinski definition) is 2. The number of hydrogen-bond acceptors (Lipinski definition) is 4. The smallest absolute Gasteiger partial charge is 0.173 e. The van der Waals surface area contributed by atoms with Crippen LogP contribution in [0.5, 0.6) is 17.2 Å². The molecule has 0 amide bonds. The monoisotopic (exact) mass is 346 g/mol. The maximum Gasteiger partial charge on any atom is 0.173 e. The van der Waals surface area contributed by atoms with E-state index in [1.54, 1.807) is 6.92 Å². The van der Waals surface area contributed by atoms with Crippen molar-refractivity contribution in [3.8, 4) is 17.2 Å². The summed E-state index contributed by atoms with van der Waals surface area (Å²) < 4.78 is 6.09. The molecular weight excluding hydrogens is 316 g/mol. The van der Waals surface area contributed by atoms with Gasteiger partial charge in [-0.1, -0.05) is 25.5 Å². The first-order chi connectivity index (χ1) is 11.6. The van der Waals surface area contributed by atoms with Crippen LogP contribution in [0.3, 0.4) is 0 Å². The van der Waals surface area contributed by atoms with Crippen molar-refractivity contribution < 1.29 is 19.7 Å². The molecule has 0 bridgehead atoms. The van der Waals surface area contributed by atoms with Gasteiger partial charge in [-0.3, -0.25) is 4.79 Å². The lowest BCUT2D eigenvalue weighted by molar-refractivity contribution is 0.0269. The molecule has 1 aromatic rings. The van der Waals surface area contributed by atoms with E-state index in [9.17, 15) is 15.0 Å². The van der Waals surface area contributed by atoms with Gasteiger partial charge in [-0.2, -0.15) is 0 Å². The second kappa shape index (κ2) is 7.11. The Morgan fingerprint density at radius 1 is 1.40 bits per heavy atom. The minimum absolute atomic E-state index is 0.0253. The Morgan fingerprint density at radius 3 is 2.60 bits per heavy atom. The summed E-state index contributed by atoms with van der Waals surface area (Å²) in [6.07, 6.45) is 4.27. The lowest BCUT2D eigenvalue weighted by Crippen LogP contribution is -2.42. The molecule has 1 aromatic carbocycles. The van der Waals surface area contributed by atoms with E-state index in [0.29, 0.717) is 24.2 Å². The Kier molecular flexibility index (Phi) is 5.50. The molecule has 0 saturated heterocycles. The summed E-state index contributed by atoms with van der Waals surface area (Å²) in [4.78, 5) is 12.6. The Bertz CT molecular complexity index is 696. The van der Waals surface area contributed by atoms with Crippen LogP contribution >= 0.6 is 0 Å². The highest BCUT2D eigenvalue weighted by molar-refractivity contribution is 6.03. The van der Waals surface area contributed by atoms with Crippen molar-refractivity contribution in [1.82, 2.24) is 0 Å². The zero-order valence-corrected chi connectivity index (χ0v) is 16.1. The number of carbonyl (C=O) groups excluding carboxylic acids is 1. The van der Waals surface area contributed by atoms with Gasteiger partial charge < -0.3 is 14.9 Å². The van der Waals surface area contributed by atoms with Gasteiger partial charge in [-0.25, -0.2) is 0 Å². The Hall–Kier alpha value is -1.97. The van der Waals surface area contributed by atoms with E-state index < -0.39 is 5.60 Å². The number of phenolic OH excluding ortho intramolecular Hbond substituents is 2. The third-order valence-corrected chi connectivity index (χ3v) is 5.27. The van der Waals surface area contributed by atoms with E-state index in [1.165, 1.54) is 11.6 Å².